The first kappa shape index (κ1) is 8.07. The number of rotatable bonds is 2. The minimum Gasteiger partial charge on any atom is -0.463 e. The van der Waals surface area contributed by atoms with E-state index in [-0.39, 0.29) is 6.61 Å². The Labute approximate surface area is 74.8 Å². The van der Waals surface area contributed by atoms with E-state index >= 15 is 0 Å². The lowest BCUT2D eigenvalue weighted by Gasteiger charge is -1.93. The normalized spacial score (nSPS) is 10.6. The number of furan rings is 1. The van der Waals surface area contributed by atoms with Gasteiger partial charge in [0.2, 0.25) is 0 Å². The molecule has 0 aromatic carbocycles. The molecular weight excluding hydrogens is 170 g/mol. The van der Waals surface area contributed by atoms with Crippen molar-refractivity contribution in [2.45, 2.75) is 13.5 Å². The standard InChI is InChI=1S/C9H9NO3/c1-6-7(5-11)9(10-13-6)8-3-2-4-12-8/h2-4,11H,5H2,1H3. The third-order valence-electron chi connectivity index (χ3n) is 1.90. The van der Waals surface area contributed by atoms with Crippen LogP contribution in [0.25, 0.3) is 11.5 Å². The molecule has 0 amide bonds. The summed E-state index contributed by atoms with van der Waals surface area (Å²) in [6.45, 7) is 1.66. The van der Waals surface area contributed by atoms with Crippen LogP contribution < -0.4 is 0 Å². The van der Waals surface area contributed by atoms with Crippen LogP contribution in [-0.2, 0) is 6.61 Å². The number of nitrogens with zero attached hydrogens (tertiary/aromatic N) is 1. The zero-order chi connectivity index (χ0) is 9.26. The van der Waals surface area contributed by atoms with Gasteiger partial charge in [-0.05, 0) is 19.1 Å². The topological polar surface area (TPSA) is 59.4 Å². The molecule has 0 aliphatic carbocycles. The van der Waals surface area contributed by atoms with Crippen molar-refractivity contribution in [2.75, 3.05) is 0 Å². The second kappa shape index (κ2) is 3.06. The van der Waals surface area contributed by atoms with Crippen LogP contribution in [0, 0.1) is 6.92 Å². The molecule has 0 unspecified atom stereocenters. The predicted octanol–water partition coefficient (Wildman–Crippen LogP) is 1.74. The average Bonchev–Trinajstić information content (AvgIpc) is 2.71. The molecule has 0 spiro atoms. The molecule has 0 fully saturated rings. The first-order valence-electron chi connectivity index (χ1n) is 3.93. The van der Waals surface area contributed by atoms with Crippen LogP contribution in [0.5, 0.6) is 0 Å². The SMILES string of the molecule is Cc1onc(-c2ccco2)c1CO. The highest BCUT2D eigenvalue weighted by atomic mass is 16.5. The van der Waals surface area contributed by atoms with Crippen LogP contribution in [0.15, 0.2) is 27.3 Å². The highest BCUT2D eigenvalue weighted by molar-refractivity contribution is 5.56. The Morgan fingerprint density at radius 2 is 2.38 bits per heavy atom. The molecular formula is C9H9NO3. The molecule has 4 heteroatoms. The Balaban J connectivity index is 2.52. The molecule has 68 valence electrons. The molecule has 2 heterocycles. The van der Waals surface area contributed by atoms with Crippen molar-refractivity contribution in [1.29, 1.82) is 0 Å². The molecule has 0 atom stereocenters. The van der Waals surface area contributed by atoms with Crippen LogP contribution in [-0.4, -0.2) is 10.3 Å². The Bertz CT molecular complexity index is 389. The van der Waals surface area contributed by atoms with Crippen molar-refractivity contribution in [3.05, 3.63) is 29.7 Å². The number of aryl methyl sites for hydroxylation is 1. The molecule has 0 saturated heterocycles. The van der Waals surface area contributed by atoms with E-state index in [0.717, 1.165) is 0 Å². The average molecular weight is 179 g/mol. The maximum absolute atomic E-state index is 9.05. The van der Waals surface area contributed by atoms with E-state index in [9.17, 15) is 0 Å². The van der Waals surface area contributed by atoms with Gasteiger partial charge in [0.1, 0.15) is 5.76 Å². The van der Waals surface area contributed by atoms with Gasteiger partial charge in [-0.2, -0.15) is 0 Å². The number of hydrogen-bond acceptors (Lipinski definition) is 4. The van der Waals surface area contributed by atoms with Crippen LogP contribution in [0.1, 0.15) is 11.3 Å². The van der Waals surface area contributed by atoms with Gasteiger partial charge in [-0.3, -0.25) is 0 Å². The largest absolute Gasteiger partial charge is 0.463 e. The molecule has 0 aliphatic rings. The van der Waals surface area contributed by atoms with Gasteiger partial charge in [0.05, 0.1) is 18.4 Å². The van der Waals surface area contributed by atoms with Crippen LogP contribution >= 0.6 is 0 Å². The minimum absolute atomic E-state index is 0.0919. The summed E-state index contributed by atoms with van der Waals surface area (Å²) >= 11 is 0. The summed E-state index contributed by atoms with van der Waals surface area (Å²) in [4.78, 5) is 0. The number of aliphatic hydroxyl groups is 1. The van der Waals surface area contributed by atoms with Crippen molar-refractivity contribution in [3.8, 4) is 11.5 Å². The smallest absolute Gasteiger partial charge is 0.156 e. The number of aliphatic hydroxyl groups excluding tert-OH is 1. The Morgan fingerprint density at radius 1 is 1.54 bits per heavy atom. The highest BCUT2D eigenvalue weighted by Gasteiger charge is 2.15. The van der Waals surface area contributed by atoms with Crippen LogP contribution in [0.2, 0.25) is 0 Å². The highest BCUT2D eigenvalue weighted by Crippen LogP contribution is 2.25. The van der Waals surface area contributed by atoms with Gasteiger partial charge in [0, 0.05) is 0 Å². The first-order chi connectivity index (χ1) is 6.33. The van der Waals surface area contributed by atoms with E-state index in [1.54, 1.807) is 25.3 Å². The fourth-order valence-corrected chi connectivity index (χ4v) is 1.18. The molecule has 1 N–H and O–H groups in total. The summed E-state index contributed by atoms with van der Waals surface area (Å²) in [7, 11) is 0. The predicted molar refractivity (Wildman–Crippen MR) is 44.9 cm³/mol. The first-order valence-corrected chi connectivity index (χ1v) is 3.93. The van der Waals surface area contributed by atoms with E-state index in [0.29, 0.717) is 22.8 Å². The molecule has 2 aromatic rings. The zero-order valence-electron chi connectivity index (χ0n) is 7.15. The van der Waals surface area contributed by atoms with Gasteiger partial charge < -0.3 is 14.0 Å². The fraction of sp³-hybridized carbons (Fsp3) is 0.222. The summed E-state index contributed by atoms with van der Waals surface area (Å²) in [6, 6.07) is 3.54. The fourth-order valence-electron chi connectivity index (χ4n) is 1.18. The van der Waals surface area contributed by atoms with Gasteiger partial charge in [0.25, 0.3) is 0 Å². The maximum atomic E-state index is 9.05. The van der Waals surface area contributed by atoms with Gasteiger partial charge in [-0.25, -0.2) is 0 Å². The van der Waals surface area contributed by atoms with Gasteiger partial charge in [0.15, 0.2) is 11.5 Å². The molecule has 2 rings (SSSR count). The van der Waals surface area contributed by atoms with Crippen molar-refractivity contribution >= 4 is 0 Å². The van der Waals surface area contributed by atoms with Gasteiger partial charge in [-0.15, -0.1) is 0 Å². The van der Waals surface area contributed by atoms with Crippen molar-refractivity contribution in [1.82, 2.24) is 5.16 Å². The van der Waals surface area contributed by atoms with Crippen molar-refractivity contribution in [3.63, 3.8) is 0 Å². The van der Waals surface area contributed by atoms with Gasteiger partial charge >= 0.3 is 0 Å². The summed E-state index contributed by atoms with van der Waals surface area (Å²) in [5, 5.41) is 12.8. The molecule has 2 aromatic heterocycles. The Morgan fingerprint density at radius 3 is 3.00 bits per heavy atom. The van der Waals surface area contributed by atoms with E-state index in [2.05, 4.69) is 5.16 Å². The third kappa shape index (κ3) is 1.25. The Kier molecular flexibility index (Phi) is 1.90. The second-order valence-corrected chi connectivity index (χ2v) is 2.70. The van der Waals surface area contributed by atoms with Crippen molar-refractivity contribution < 1.29 is 14.0 Å². The quantitative estimate of drug-likeness (QED) is 0.762. The zero-order valence-corrected chi connectivity index (χ0v) is 7.15. The van der Waals surface area contributed by atoms with Crippen LogP contribution in [0.3, 0.4) is 0 Å². The summed E-state index contributed by atoms with van der Waals surface area (Å²) in [5.41, 5.74) is 1.25. The molecule has 4 nitrogen and oxygen atoms in total. The number of aromatic nitrogens is 1. The second-order valence-electron chi connectivity index (χ2n) is 2.70. The maximum Gasteiger partial charge on any atom is 0.156 e. The van der Waals surface area contributed by atoms with E-state index in [1.165, 1.54) is 0 Å². The van der Waals surface area contributed by atoms with E-state index in [4.69, 9.17) is 14.0 Å². The molecule has 0 aliphatic heterocycles. The van der Waals surface area contributed by atoms with Gasteiger partial charge in [-0.1, -0.05) is 5.16 Å². The number of hydrogen-bond donors (Lipinski definition) is 1. The van der Waals surface area contributed by atoms with E-state index < -0.39 is 0 Å². The monoisotopic (exact) mass is 179 g/mol. The van der Waals surface area contributed by atoms with E-state index in [1.807, 2.05) is 0 Å². The lowest BCUT2D eigenvalue weighted by Crippen LogP contribution is -1.86. The third-order valence-corrected chi connectivity index (χ3v) is 1.90. The summed E-state index contributed by atoms with van der Waals surface area (Å²) in [5.74, 6) is 1.23. The lowest BCUT2D eigenvalue weighted by molar-refractivity contribution is 0.278. The molecule has 0 radical (unpaired) electrons. The molecule has 0 saturated carbocycles. The lowest BCUT2D eigenvalue weighted by atomic mass is 10.2. The molecule has 0 bridgehead atoms. The summed E-state index contributed by atoms with van der Waals surface area (Å²) < 4.78 is 10.1. The minimum atomic E-state index is -0.0919. The Hall–Kier alpha value is -1.55. The molecule has 13 heavy (non-hydrogen) atoms. The summed E-state index contributed by atoms with van der Waals surface area (Å²) in [6.07, 6.45) is 1.56. The van der Waals surface area contributed by atoms with Crippen molar-refractivity contribution in [2.24, 2.45) is 0 Å². The van der Waals surface area contributed by atoms with Crippen LogP contribution in [0.4, 0.5) is 0 Å².